The van der Waals surface area contributed by atoms with Crippen molar-refractivity contribution in [2.75, 3.05) is 107 Å². The summed E-state index contributed by atoms with van der Waals surface area (Å²) in [5, 5.41) is 27.1. The molecule has 574 valence electrons. The van der Waals surface area contributed by atoms with Crippen molar-refractivity contribution in [3.63, 3.8) is 0 Å². The molecule has 0 saturated carbocycles. The summed E-state index contributed by atoms with van der Waals surface area (Å²) in [7, 11) is 8.06. The maximum atomic E-state index is 10.3. The van der Waals surface area contributed by atoms with Crippen LogP contribution in [-0.4, -0.2) is 167 Å². The van der Waals surface area contributed by atoms with Gasteiger partial charge in [0.25, 0.3) is 0 Å². The van der Waals surface area contributed by atoms with Crippen molar-refractivity contribution < 1.29 is 19.7 Å². The van der Waals surface area contributed by atoms with E-state index in [-0.39, 0.29) is 24.3 Å². The van der Waals surface area contributed by atoms with E-state index in [1.54, 1.807) is 0 Å². The van der Waals surface area contributed by atoms with E-state index >= 15 is 0 Å². The largest absolute Gasteiger partial charge is 0.395 e. The molecule has 0 aliphatic carbocycles. The molecule has 112 heavy (non-hydrogen) atoms. The fraction of sp³-hybridized carbons (Fsp3) is 0.312. The molecule has 8 heterocycles. The number of aliphatic hydroxyl groups excluding tert-OH is 2. The molecule has 0 radical (unpaired) electrons. The number of pyridine rings is 6. The molecule has 16 heteroatoms. The summed E-state index contributed by atoms with van der Waals surface area (Å²) >= 11 is 0. The second-order valence-corrected chi connectivity index (χ2v) is 31.9. The van der Waals surface area contributed by atoms with Crippen LogP contribution >= 0.6 is 0 Å². The number of aromatic nitrogens is 6. The SMILES string of the molecule is CNCc1ccc(-c2cnc(-c3cncc(-c4cccc(CNC)c4)c3)c(-c3ncc(-c4cccc(C(C)(C)N5CCOCC5)c4)cc3-c3nc(-c4cncc(-c5cccc(C(C)(C)N(C)CCO)c5)c4)cc(-c4cncc(-c5ccc(C(C)(C)N6CCOCC6)cc5)c4)c3-c3ccc(C(C)(C)N(C)CCO)cc3)c2)cc1. The number of nitrogens with one attached hydrogen (secondary N) is 2. The molecular weight excluding hydrogens is 1390 g/mol. The summed E-state index contributed by atoms with van der Waals surface area (Å²) in [4.78, 5) is 42.3. The predicted octanol–water partition coefficient (Wildman–Crippen LogP) is 17.3. The minimum absolute atomic E-state index is 0.0274. The number of hydrogen-bond acceptors (Lipinski definition) is 16. The molecule has 0 amide bonds. The first-order chi connectivity index (χ1) is 54.2. The molecule has 2 aliphatic heterocycles. The highest BCUT2D eigenvalue weighted by atomic mass is 16.5. The van der Waals surface area contributed by atoms with E-state index in [0.29, 0.717) is 62.3 Å². The molecule has 16 nitrogen and oxygen atoms in total. The van der Waals surface area contributed by atoms with Gasteiger partial charge in [0, 0.05) is 185 Å². The van der Waals surface area contributed by atoms with Crippen molar-refractivity contribution >= 4 is 0 Å². The summed E-state index contributed by atoms with van der Waals surface area (Å²) in [5.74, 6) is 0. The highest BCUT2D eigenvalue weighted by molar-refractivity contribution is 6.01. The van der Waals surface area contributed by atoms with E-state index in [2.05, 4.69) is 282 Å². The minimum atomic E-state index is -0.456. The number of benzene rings is 6. The van der Waals surface area contributed by atoms with Gasteiger partial charge in [-0.2, -0.15) is 0 Å². The zero-order valence-electron chi connectivity index (χ0n) is 67.0. The summed E-state index contributed by atoms with van der Waals surface area (Å²) < 4.78 is 11.7. The average molecular weight is 1490 g/mol. The fourth-order valence-corrected chi connectivity index (χ4v) is 15.9. The highest BCUT2D eigenvalue weighted by Gasteiger charge is 2.34. The molecule has 14 rings (SSSR count). The number of hydrogen-bond donors (Lipinski definition) is 4. The molecular formula is C96H106N12O4. The Kier molecular flexibility index (Phi) is 23.9. The summed E-state index contributed by atoms with van der Waals surface area (Å²) in [6.45, 7) is 26.7. The Morgan fingerprint density at radius 3 is 1.38 bits per heavy atom. The van der Waals surface area contributed by atoms with Crippen molar-refractivity contribution in [1.82, 2.24) is 60.1 Å². The maximum Gasteiger partial charge on any atom is 0.0818 e. The molecule has 0 bridgehead atoms. The summed E-state index contributed by atoms with van der Waals surface area (Å²) in [6, 6.07) is 66.3. The predicted molar refractivity (Wildman–Crippen MR) is 455 cm³/mol. The van der Waals surface area contributed by atoms with Gasteiger partial charge in [-0.3, -0.25) is 44.5 Å². The molecule has 4 N–H and O–H groups in total. The van der Waals surface area contributed by atoms with Gasteiger partial charge in [0.2, 0.25) is 0 Å². The number of rotatable bonds is 27. The van der Waals surface area contributed by atoms with Gasteiger partial charge in [0.1, 0.15) is 0 Å². The second-order valence-electron chi connectivity index (χ2n) is 31.9. The van der Waals surface area contributed by atoms with E-state index in [0.717, 1.165) is 156 Å². The molecule has 0 atom stereocenters. The van der Waals surface area contributed by atoms with Crippen LogP contribution < -0.4 is 10.6 Å². The second kappa shape index (κ2) is 34.0. The molecule has 0 unspecified atom stereocenters. The van der Waals surface area contributed by atoms with Gasteiger partial charge >= 0.3 is 0 Å². The Morgan fingerprint density at radius 2 is 0.795 bits per heavy atom. The monoisotopic (exact) mass is 1490 g/mol. The van der Waals surface area contributed by atoms with E-state index in [1.165, 1.54) is 16.7 Å². The van der Waals surface area contributed by atoms with Crippen molar-refractivity contribution in [3.8, 4) is 123 Å². The van der Waals surface area contributed by atoms with Crippen molar-refractivity contribution in [3.05, 3.63) is 265 Å². The van der Waals surface area contributed by atoms with Crippen LogP contribution in [0.1, 0.15) is 88.8 Å². The number of likely N-dealkylation sites (N-methyl/N-ethyl adjacent to an activating group) is 2. The Morgan fingerprint density at radius 1 is 0.366 bits per heavy atom. The van der Waals surface area contributed by atoms with Crippen molar-refractivity contribution in [2.24, 2.45) is 0 Å². The number of nitrogens with zero attached hydrogens (tertiary/aromatic N) is 10. The van der Waals surface area contributed by atoms with Gasteiger partial charge in [-0.25, -0.2) is 4.98 Å². The molecule has 6 aromatic carbocycles. The van der Waals surface area contributed by atoms with Crippen molar-refractivity contribution in [1.29, 1.82) is 0 Å². The highest BCUT2D eigenvalue weighted by Crippen LogP contribution is 2.49. The standard InChI is InChI=1S/C96H106N12O4/c1-93(2,105(11)34-40-109)81-32-28-69(29-33-81)89-85(78-47-73(57-99-60-78)68-26-30-82(31-27-68)95(5,6)107-36-42-111-43-37-107)54-88(79-48-74(58-100-61-79)71-18-14-20-83(50-71)94(3,4)106(12)35-41-110)104-92(89)87-53-77(72-19-15-21-84(51-72)96(7,8)108-38-44-112-45-39-108)64-103-91(87)86-52-76(67-24-22-65(23-25-67)55-97-9)63-102-90(86)80-49-75(59-101-62-80)70-17-13-16-66(46-70)56-98-10/h13-33,46-54,57-64,97-98,109-110H,34-45,55-56H2,1-12H3. The van der Waals surface area contributed by atoms with Crippen LogP contribution in [0.3, 0.4) is 0 Å². The van der Waals surface area contributed by atoms with Crippen molar-refractivity contribution in [2.45, 2.75) is 90.6 Å². The molecule has 2 aliphatic rings. The lowest BCUT2D eigenvalue weighted by Gasteiger charge is -2.41. The first-order valence-corrected chi connectivity index (χ1v) is 39.3. The Bertz CT molecular complexity index is 5260. The average Bonchev–Trinajstić information content (AvgIpc) is 0.738. The fourth-order valence-electron chi connectivity index (χ4n) is 15.9. The molecule has 0 spiro atoms. The first-order valence-electron chi connectivity index (χ1n) is 39.3. The quantitative estimate of drug-likeness (QED) is 0.0383. The zero-order chi connectivity index (χ0) is 78.3. The third kappa shape index (κ3) is 16.7. The smallest absolute Gasteiger partial charge is 0.0818 e. The zero-order valence-corrected chi connectivity index (χ0v) is 67.0. The Labute approximate surface area is 661 Å². The van der Waals surface area contributed by atoms with Crippen LogP contribution in [-0.2, 0) is 44.7 Å². The molecule has 2 fully saturated rings. The lowest BCUT2D eigenvalue weighted by molar-refractivity contribution is -0.0118. The third-order valence-electron chi connectivity index (χ3n) is 23.7. The number of ether oxygens (including phenoxy) is 2. The lowest BCUT2D eigenvalue weighted by atomic mass is 9.85. The van der Waals surface area contributed by atoms with Gasteiger partial charge in [-0.15, -0.1) is 0 Å². The van der Waals surface area contributed by atoms with Gasteiger partial charge in [0.15, 0.2) is 0 Å². The van der Waals surface area contributed by atoms with Gasteiger partial charge in [-0.1, -0.05) is 127 Å². The Balaban J connectivity index is 1.08. The van der Waals surface area contributed by atoms with Crippen LogP contribution in [0.15, 0.2) is 232 Å². The molecule has 2 saturated heterocycles. The van der Waals surface area contributed by atoms with Gasteiger partial charge < -0.3 is 30.3 Å². The minimum Gasteiger partial charge on any atom is -0.395 e. The number of morpholine rings is 2. The van der Waals surface area contributed by atoms with Crippen LogP contribution in [0.4, 0.5) is 0 Å². The van der Waals surface area contributed by atoms with E-state index in [4.69, 9.17) is 39.4 Å². The van der Waals surface area contributed by atoms with Gasteiger partial charge in [0.05, 0.1) is 62.4 Å². The van der Waals surface area contributed by atoms with E-state index < -0.39 is 11.1 Å². The summed E-state index contributed by atoms with van der Waals surface area (Å²) in [5.41, 5.74) is 24.7. The van der Waals surface area contributed by atoms with E-state index in [9.17, 15) is 10.2 Å². The molecule has 6 aromatic heterocycles. The first kappa shape index (κ1) is 78.5. The topological polar surface area (TPSA) is 173 Å². The maximum absolute atomic E-state index is 10.3. The van der Waals surface area contributed by atoms with Crippen LogP contribution in [0.2, 0.25) is 0 Å². The molecule has 12 aromatic rings. The number of aliphatic hydroxyl groups is 2. The van der Waals surface area contributed by atoms with Gasteiger partial charge in [-0.05, 0) is 211 Å². The summed E-state index contributed by atoms with van der Waals surface area (Å²) in [6.07, 6.45) is 15.7. The van der Waals surface area contributed by atoms with Crippen LogP contribution in [0, 0.1) is 0 Å². The van der Waals surface area contributed by atoms with Crippen LogP contribution in [0.5, 0.6) is 0 Å². The third-order valence-corrected chi connectivity index (χ3v) is 23.7. The Hall–Kier alpha value is -10.2. The van der Waals surface area contributed by atoms with Crippen LogP contribution in [0.25, 0.3) is 123 Å². The lowest BCUT2D eigenvalue weighted by Crippen LogP contribution is -2.47. The normalized spacial score (nSPS) is 14.2. The van der Waals surface area contributed by atoms with E-state index in [1.807, 2.05) is 63.7 Å².